The van der Waals surface area contributed by atoms with E-state index in [0.29, 0.717) is 12.3 Å². The molecule has 3 nitrogen and oxygen atoms in total. The number of hydrogen-bond donors (Lipinski definition) is 1. The van der Waals surface area contributed by atoms with E-state index in [1.807, 2.05) is 48.5 Å². The number of ether oxygens (including phenoxy) is 1. The van der Waals surface area contributed by atoms with Gasteiger partial charge in [-0.3, -0.25) is 0 Å². The number of amides is 1. The first-order valence-electron chi connectivity index (χ1n) is 8.92. The third kappa shape index (κ3) is 5.87. The molecule has 0 unspecified atom stereocenters. The van der Waals surface area contributed by atoms with Crippen LogP contribution in [0.3, 0.4) is 0 Å². The van der Waals surface area contributed by atoms with E-state index in [1.54, 1.807) is 0 Å². The molecule has 1 N–H and O–H groups in total. The predicted molar refractivity (Wildman–Crippen MR) is 110 cm³/mol. The van der Waals surface area contributed by atoms with Crippen LogP contribution in [0.25, 0.3) is 11.1 Å². The fourth-order valence-electron chi connectivity index (χ4n) is 2.82. The van der Waals surface area contributed by atoms with Crippen LogP contribution in [-0.4, -0.2) is 18.0 Å². The number of hydrogen-bond acceptors (Lipinski definition) is 2. The van der Waals surface area contributed by atoms with Crippen molar-refractivity contribution in [1.29, 1.82) is 0 Å². The number of benzene rings is 3. The second-order valence-electron chi connectivity index (χ2n) is 6.32. The Morgan fingerprint density at radius 2 is 1.41 bits per heavy atom. The molecule has 3 rings (SSSR count). The van der Waals surface area contributed by atoms with E-state index < -0.39 is 6.09 Å². The zero-order valence-corrected chi connectivity index (χ0v) is 15.7. The highest BCUT2D eigenvalue weighted by atomic mass is 35.5. The Morgan fingerprint density at radius 3 is 2.04 bits per heavy atom. The van der Waals surface area contributed by atoms with Gasteiger partial charge in [0.15, 0.2) is 0 Å². The van der Waals surface area contributed by atoms with Gasteiger partial charge in [-0.15, -0.1) is 11.6 Å². The topological polar surface area (TPSA) is 38.3 Å². The third-order valence-corrected chi connectivity index (χ3v) is 4.64. The summed E-state index contributed by atoms with van der Waals surface area (Å²) in [6.07, 6.45) is 0.198. The minimum atomic E-state index is -0.453. The number of rotatable bonds is 7. The van der Waals surface area contributed by atoms with Crippen molar-refractivity contribution in [3.8, 4) is 11.1 Å². The highest BCUT2D eigenvalue weighted by Crippen LogP contribution is 2.19. The van der Waals surface area contributed by atoms with Crippen LogP contribution in [0, 0.1) is 0 Å². The molecule has 3 aromatic carbocycles. The van der Waals surface area contributed by atoms with Crippen molar-refractivity contribution in [2.45, 2.75) is 19.1 Å². The van der Waals surface area contributed by atoms with E-state index in [-0.39, 0.29) is 12.6 Å². The second-order valence-corrected chi connectivity index (χ2v) is 6.63. The summed E-state index contributed by atoms with van der Waals surface area (Å²) in [5.74, 6) is 0.320. The first-order chi connectivity index (χ1) is 13.2. The minimum Gasteiger partial charge on any atom is -0.445 e. The van der Waals surface area contributed by atoms with Crippen molar-refractivity contribution >= 4 is 17.7 Å². The van der Waals surface area contributed by atoms with Crippen LogP contribution in [0.5, 0.6) is 0 Å². The summed E-state index contributed by atoms with van der Waals surface area (Å²) in [4.78, 5) is 12.0. The Bertz CT molecular complexity index is 835. The summed E-state index contributed by atoms with van der Waals surface area (Å²) in [5, 5.41) is 2.84. The zero-order chi connectivity index (χ0) is 18.9. The van der Waals surface area contributed by atoms with Crippen LogP contribution in [-0.2, 0) is 17.8 Å². The van der Waals surface area contributed by atoms with E-state index in [2.05, 4.69) is 41.7 Å². The highest BCUT2D eigenvalue weighted by molar-refractivity contribution is 6.18. The molecule has 138 valence electrons. The number of halogens is 1. The van der Waals surface area contributed by atoms with Crippen molar-refractivity contribution in [2.75, 3.05) is 5.88 Å². The van der Waals surface area contributed by atoms with Crippen LogP contribution in [0.2, 0.25) is 0 Å². The van der Waals surface area contributed by atoms with Gasteiger partial charge in [-0.05, 0) is 28.7 Å². The molecule has 3 aromatic rings. The van der Waals surface area contributed by atoms with Crippen LogP contribution < -0.4 is 5.32 Å². The zero-order valence-electron chi connectivity index (χ0n) is 15.0. The molecule has 0 aromatic heterocycles. The van der Waals surface area contributed by atoms with Gasteiger partial charge in [0, 0.05) is 11.9 Å². The fourth-order valence-corrected chi connectivity index (χ4v) is 3.01. The summed E-state index contributed by atoms with van der Waals surface area (Å²) in [7, 11) is 0. The monoisotopic (exact) mass is 379 g/mol. The molecule has 0 fully saturated rings. The van der Waals surface area contributed by atoms with Gasteiger partial charge in [-0.25, -0.2) is 4.79 Å². The maximum Gasteiger partial charge on any atom is 0.407 e. The highest BCUT2D eigenvalue weighted by Gasteiger charge is 2.13. The van der Waals surface area contributed by atoms with Gasteiger partial charge in [0.25, 0.3) is 0 Å². The van der Waals surface area contributed by atoms with Crippen LogP contribution in [0.1, 0.15) is 11.1 Å². The van der Waals surface area contributed by atoms with Gasteiger partial charge >= 0.3 is 6.09 Å². The molecule has 0 radical (unpaired) electrons. The van der Waals surface area contributed by atoms with E-state index in [9.17, 15) is 4.79 Å². The number of carbonyl (C=O) groups excluding carboxylic acids is 1. The van der Waals surface area contributed by atoms with Gasteiger partial charge in [0.1, 0.15) is 6.61 Å². The first kappa shape index (κ1) is 19.0. The lowest BCUT2D eigenvalue weighted by molar-refractivity contribution is 0.136. The standard InChI is InChI=1S/C23H22ClNO2/c24-16-22(25-23(26)27-17-19-7-3-1-4-8-19)15-18-11-13-21(14-12-18)20-9-5-2-6-10-20/h1-14,22H,15-17H2,(H,25,26)/t22-/m1/s1. The quantitative estimate of drug-likeness (QED) is 0.556. The molecule has 0 spiro atoms. The fraction of sp³-hybridized carbons (Fsp3) is 0.174. The van der Waals surface area contributed by atoms with Crippen molar-refractivity contribution in [3.05, 3.63) is 96.1 Å². The normalized spacial score (nSPS) is 11.6. The molecule has 0 aliphatic rings. The average molecular weight is 380 g/mol. The Morgan fingerprint density at radius 1 is 0.815 bits per heavy atom. The van der Waals surface area contributed by atoms with Crippen LogP contribution in [0.4, 0.5) is 4.79 Å². The van der Waals surface area contributed by atoms with Crippen molar-refractivity contribution in [1.82, 2.24) is 5.32 Å². The number of carbonyl (C=O) groups is 1. The smallest absolute Gasteiger partial charge is 0.407 e. The van der Waals surface area contributed by atoms with E-state index >= 15 is 0 Å². The van der Waals surface area contributed by atoms with Gasteiger partial charge in [0.05, 0.1) is 0 Å². The maximum absolute atomic E-state index is 12.0. The van der Waals surface area contributed by atoms with E-state index in [1.165, 1.54) is 5.56 Å². The molecular weight excluding hydrogens is 358 g/mol. The van der Waals surface area contributed by atoms with Crippen LogP contribution >= 0.6 is 11.6 Å². The molecule has 1 amide bonds. The van der Waals surface area contributed by atoms with Gasteiger partial charge in [-0.1, -0.05) is 84.9 Å². The lowest BCUT2D eigenvalue weighted by Crippen LogP contribution is -2.38. The van der Waals surface area contributed by atoms with E-state index in [0.717, 1.165) is 16.7 Å². The predicted octanol–water partition coefficient (Wildman–Crippen LogP) is 5.43. The Balaban J connectivity index is 1.52. The summed E-state index contributed by atoms with van der Waals surface area (Å²) >= 11 is 6.04. The molecular formula is C23H22ClNO2. The number of alkyl carbamates (subject to hydrolysis) is 1. The summed E-state index contributed by atoms with van der Waals surface area (Å²) in [5.41, 5.74) is 4.41. The van der Waals surface area contributed by atoms with E-state index in [4.69, 9.17) is 16.3 Å². The molecule has 0 aliphatic carbocycles. The molecule has 1 atom stereocenters. The van der Waals surface area contributed by atoms with Crippen molar-refractivity contribution in [2.24, 2.45) is 0 Å². The average Bonchev–Trinajstić information content (AvgIpc) is 2.73. The SMILES string of the molecule is O=C(N[C@@H](CCl)Cc1ccc(-c2ccccc2)cc1)OCc1ccccc1. The molecule has 4 heteroatoms. The minimum absolute atomic E-state index is 0.183. The number of nitrogens with one attached hydrogen (secondary N) is 1. The Hall–Kier alpha value is -2.78. The summed E-state index contributed by atoms with van der Waals surface area (Å²) in [6, 6.07) is 27.9. The lowest BCUT2D eigenvalue weighted by Gasteiger charge is -2.16. The molecule has 27 heavy (non-hydrogen) atoms. The molecule has 0 aliphatic heterocycles. The van der Waals surface area contributed by atoms with Gasteiger partial charge < -0.3 is 10.1 Å². The molecule has 0 bridgehead atoms. The lowest BCUT2D eigenvalue weighted by atomic mass is 10.0. The molecule has 0 heterocycles. The van der Waals surface area contributed by atoms with Gasteiger partial charge in [-0.2, -0.15) is 0 Å². The van der Waals surface area contributed by atoms with Gasteiger partial charge in [0.2, 0.25) is 0 Å². The molecule has 0 saturated heterocycles. The Kier molecular flexibility index (Phi) is 6.89. The van der Waals surface area contributed by atoms with Crippen molar-refractivity contribution in [3.63, 3.8) is 0 Å². The largest absolute Gasteiger partial charge is 0.445 e. The van der Waals surface area contributed by atoms with Crippen molar-refractivity contribution < 1.29 is 9.53 Å². The maximum atomic E-state index is 12.0. The number of alkyl halides is 1. The second kappa shape index (κ2) is 9.79. The Labute approximate surface area is 164 Å². The third-order valence-electron chi connectivity index (χ3n) is 4.26. The summed E-state index contributed by atoms with van der Waals surface area (Å²) in [6.45, 7) is 0.244. The summed E-state index contributed by atoms with van der Waals surface area (Å²) < 4.78 is 5.27. The molecule has 0 saturated carbocycles. The van der Waals surface area contributed by atoms with Crippen LogP contribution in [0.15, 0.2) is 84.9 Å². The first-order valence-corrected chi connectivity index (χ1v) is 9.45.